The van der Waals surface area contributed by atoms with Gasteiger partial charge in [0.2, 0.25) is 0 Å². The van der Waals surface area contributed by atoms with Gasteiger partial charge in [-0.05, 0) is 24.6 Å². The van der Waals surface area contributed by atoms with E-state index < -0.39 is 0 Å². The van der Waals surface area contributed by atoms with Gasteiger partial charge in [-0.25, -0.2) is 0 Å². The van der Waals surface area contributed by atoms with Crippen LogP contribution < -0.4 is 0 Å². The number of amides is 1. The number of benzene rings is 2. The SMILES string of the molecule is Cc1ccc(C2c3c(-c4ccccc4)n[nH]c3C(=O)N2Cc2ccco2)cc1. The zero-order valence-corrected chi connectivity index (χ0v) is 15.4. The molecule has 0 aliphatic carbocycles. The van der Waals surface area contributed by atoms with Crippen molar-refractivity contribution in [2.75, 3.05) is 0 Å². The predicted octanol–water partition coefficient (Wildman–Crippen LogP) is 4.72. The predicted molar refractivity (Wildman–Crippen MR) is 106 cm³/mol. The molecule has 1 aliphatic rings. The van der Waals surface area contributed by atoms with Crippen molar-refractivity contribution >= 4 is 5.91 Å². The molecule has 0 spiro atoms. The minimum absolute atomic E-state index is 0.0633. The summed E-state index contributed by atoms with van der Waals surface area (Å²) in [6.45, 7) is 2.46. The van der Waals surface area contributed by atoms with Gasteiger partial charge in [-0.15, -0.1) is 0 Å². The van der Waals surface area contributed by atoms with Gasteiger partial charge in [-0.1, -0.05) is 60.2 Å². The lowest BCUT2D eigenvalue weighted by molar-refractivity contribution is 0.0717. The second kappa shape index (κ2) is 6.53. The molecule has 1 amide bonds. The van der Waals surface area contributed by atoms with E-state index in [1.54, 1.807) is 6.26 Å². The van der Waals surface area contributed by atoms with E-state index in [1.165, 1.54) is 5.56 Å². The lowest BCUT2D eigenvalue weighted by Crippen LogP contribution is -2.28. The molecule has 0 radical (unpaired) electrons. The van der Waals surface area contributed by atoms with Crippen LogP contribution in [0.25, 0.3) is 11.3 Å². The normalized spacial score (nSPS) is 15.8. The van der Waals surface area contributed by atoms with Crippen molar-refractivity contribution in [3.05, 3.63) is 101 Å². The van der Waals surface area contributed by atoms with E-state index in [0.29, 0.717) is 12.2 Å². The Hall–Kier alpha value is -3.60. The molecule has 3 heterocycles. The monoisotopic (exact) mass is 369 g/mol. The van der Waals surface area contributed by atoms with Crippen LogP contribution >= 0.6 is 0 Å². The van der Waals surface area contributed by atoms with Gasteiger partial charge in [0, 0.05) is 11.1 Å². The minimum Gasteiger partial charge on any atom is -0.467 e. The highest BCUT2D eigenvalue weighted by Crippen LogP contribution is 2.43. The Bertz CT molecular complexity index is 1110. The molecule has 2 aromatic carbocycles. The first-order chi connectivity index (χ1) is 13.7. The number of hydrogen-bond acceptors (Lipinski definition) is 3. The molecular weight excluding hydrogens is 350 g/mol. The number of furan rings is 1. The first-order valence-electron chi connectivity index (χ1n) is 9.26. The topological polar surface area (TPSA) is 62.1 Å². The maximum Gasteiger partial charge on any atom is 0.273 e. The van der Waals surface area contributed by atoms with Gasteiger partial charge in [-0.2, -0.15) is 5.10 Å². The Balaban J connectivity index is 1.66. The third kappa shape index (κ3) is 2.63. The van der Waals surface area contributed by atoms with Gasteiger partial charge in [-0.3, -0.25) is 9.89 Å². The molecule has 5 heteroatoms. The van der Waals surface area contributed by atoms with E-state index in [4.69, 9.17) is 4.42 Å². The first kappa shape index (κ1) is 16.6. The van der Waals surface area contributed by atoms with E-state index in [1.807, 2.05) is 47.4 Å². The first-order valence-corrected chi connectivity index (χ1v) is 9.26. The van der Waals surface area contributed by atoms with Gasteiger partial charge < -0.3 is 9.32 Å². The number of aromatic nitrogens is 2. The molecule has 0 saturated carbocycles. The quantitative estimate of drug-likeness (QED) is 0.566. The van der Waals surface area contributed by atoms with Gasteiger partial charge in [0.05, 0.1) is 24.5 Å². The second-order valence-corrected chi connectivity index (χ2v) is 7.05. The van der Waals surface area contributed by atoms with Crippen molar-refractivity contribution in [2.45, 2.75) is 19.5 Å². The van der Waals surface area contributed by atoms with Crippen LogP contribution in [0.3, 0.4) is 0 Å². The molecule has 1 N–H and O–H groups in total. The average molecular weight is 369 g/mol. The number of H-pyrrole nitrogens is 1. The van der Waals surface area contributed by atoms with Crippen molar-refractivity contribution in [1.82, 2.24) is 15.1 Å². The van der Waals surface area contributed by atoms with Gasteiger partial charge >= 0.3 is 0 Å². The van der Waals surface area contributed by atoms with Crippen LogP contribution in [-0.2, 0) is 6.54 Å². The fourth-order valence-corrected chi connectivity index (χ4v) is 3.84. The molecule has 0 bridgehead atoms. The number of carbonyl (C=O) groups excluding carboxylic acids is 1. The second-order valence-electron chi connectivity index (χ2n) is 7.05. The van der Waals surface area contributed by atoms with Crippen molar-refractivity contribution in [3.8, 4) is 11.3 Å². The maximum absolute atomic E-state index is 13.2. The van der Waals surface area contributed by atoms with Crippen LogP contribution in [0.15, 0.2) is 77.4 Å². The van der Waals surface area contributed by atoms with E-state index in [9.17, 15) is 4.79 Å². The number of fused-ring (bicyclic) bond motifs is 1. The summed E-state index contributed by atoms with van der Waals surface area (Å²) in [7, 11) is 0. The fraction of sp³-hybridized carbons (Fsp3) is 0.130. The average Bonchev–Trinajstić information content (AvgIpc) is 3.44. The third-order valence-electron chi connectivity index (χ3n) is 5.21. The van der Waals surface area contributed by atoms with Crippen LogP contribution in [0.2, 0.25) is 0 Å². The molecule has 5 nitrogen and oxygen atoms in total. The van der Waals surface area contributed by atoms with Crippen LogP contribution in [0.5, 0.6) is 0 Å². The van der Waals surface area contributed by atoms with E-state index in [2.05, 4.69) is 41.4 Å². The summed E-state index contributed by atoms with van der Waals surface area (Å²) >= 11 is 0. The molecule has 2 aromatic heterocycles. The Kier molecular flexibility index (Phi) is 3.86. The lowest BCUT2D eigenvalue weighted by atomic mass is 9.95. The summed E-state index contributed by atoms with van der Waals surface area (Å²) in [6.07, 6.45) is 1.63. The number of nitrogens with zero attached hydrogens (tertiary/aromatic N) is 2. The molecule has 5 rings (SSSR count). The Morgan fingerprint density at radius 3 is 2.54 bits per heavy atom. The fourth-order valence-electron chi connectivity index (χ4n) is 3.84. The van der Waals surface area contributed by atoms with Crippen LogP contribution in [0.4, 0.5) is 0 Å². The highest BCUT2D eigenvalue weighted by Gasteiger charge is 2.42. The molecule has 1 atom stereocenters. The number of nitrogens with one attached hydrogen (secondary N) is 1. The van der Waals surface area contributed by atoms with E-state index >= 15 is 0 Å². The third-order valence-corrected chi connectivity index (χ3v) is 5.21. The van der Waals surface area contributed by atoms with Crippen LogP contribution in [0, 0.1) is 6.92 Å². The van der Waals surface area contributed by atoms with Crippen molar-refractivity contribution in [3.63, 3.8) is 0 Å². The van der Waals surface area contributed by atoms with E-state index in [-0.39, 0.29) is 11.9 Å². The largest absolute Gasteiger partial charge is 0.467 e. The molecule has 1 aliphatic heterocycles. The molecule has 28 heavy (non-hydrogen) atoms. The summed E-state index contributed by atoms with van der Waals surface area (Å²) in [4.78, 5) is 15.1. The van der Waals surface area contributed by atoms with Crippen molar-refractivity contribution in [2.24, 2.45) is 0 Å². The van der Waals surface area contributed by atoms with Crippen molar-refractivity contribution in [1.29, 1.82) is 0 Å². The highest BCUT2D eigenvalue weighted by atomic mass is 16.3. The Morgan fingerprint density at radius 1 is 1.04 bits per heavy atom. The highest BCUT2D eigenvalue weighted by molar-refractivity contribution is 6.00. The van der Waals surface area contributed by atoms with Crippen LogP contribution in [-0.4, -0.2) is 21.0 Å². The number of carbonyl (C=O) groups is 1. The number of aryl methyl sites for hydroxylation is 1. The number of hydrogen-bond donors (Lipinski definition) is 1. The smallest absolute Gasteiger partial charge is 0.273 e. The van der Waals surface area contributed by atoms with Crippen molar-refractivity contribution < 1.29 is 9.21 Å². The summed E-state index contributed by atoms with van der Waals surface area (Å²) < 4.78 is 5.52. The standard InChI is InChI=1S/C23H19N3O2/c1-15-9-11-17(12-10-15)22-19-20(16-6-3-2-4-7-16)24-25-21(19)23(27)26(22)14-18-8-5-13-28-18/h2-13,22H,14H2,1H3,(H,24,25). The van der Waals surface area contributed by atoms with Gasteiger partial charge in [0.25, 0.3) is 5.91 Å². The zero-order valence-electron chi connectivity index (χ0n) is 15.4. The molecule has 138 valence electrons. The molecular formula is C23H19N3O2. The molecule has 0 saturated heterocycles. The van der Waals surface area contributed by atoms with E-state index in [0.717, 1.165) is 28.1 Å². The number of rotatable bonds is 4. The van der Waals surface area contributed by atoms with Crippen LogP contribution in [0.1, 0.15) is 39.0 Å². The summed E-state index contributed by atoms with van der Waals surface area (Å²) in [6, 6.07) is 21.8. The summed E-state index contributed by atoms with van der Waals surface area (Å²) in [5.74, 6) is 0.691. The Labute approximate surface area is 162 Å². The maximum atomic E-state index is 13.2. The lowest BCUT2D eigenvalue weighted by Gasteiger charge is -2.25. The summed E-state index contributed by atoms with van der Waals surface area (Å²) in [5, 5.41) is 7.47. The van der Waals surface area contributed by atoms with Gasteiger partial charge in [0.15, 0.2) is 0 Å². The molecule has 1 unspecified atom stereocenters. The number of aromatic amines is 1. The minimum atomic E-state index is -0.220. The molecule has 0 fully saturated rings. The molecule has 4 aromatic rings. The summed E-state index contributed by atoms with van der Waals surface area (Å²) in [5.41, 5.74) is 5.52. The Morgan fingerprint density at radius 2 is 1.82 bits per heavy atom. The zero-order chi connectivity index (χ0) is 19.1. The van der Waals surface area contributed by atoms with Gasteiger partial charge in [0.1, 0.15) is 11.5 Å².